The van der Waals surface area contributed by atoms with Crippen LogP contribution < -0.4 is 5.73 Å². The third kappa shape index (κ3) is 9.97. The molecule has 0 amide bonds. The maximum absolute atomic E-state index is 11.4. The monoisotopic (exact) mass is 309 g/mol. The molecule has 0 heterocycles. The fourth-order valence-corrected chi connectivity index (χ4v) is 7.04. The first kappa shape index (κ1) is 18.0. The summed E-state index contributed by atoms with van der Waals surface area (Å²) in [5, 5.41) is 0. The first-order chi connectivity index (χ1) is 7.91. The summed E-state index contributed by atoms with van der Waals surface area (Å²) in [6.45, 7) is 14.2. The molecular formula is C10H27NO4Si3. The molecule has 0 aliphatic heterocycles. The lowest BCUT2D eigenvalue weighted by molar-refractivity contribution is -0.136. The Morgan fingerprint density at radius 2 is 1.44 bits per heavy atom. The van der Waals surface area contributed by atoms with Gasteiger partial charge in [-0.2, -0.15) is 0 Å². The van der Waals surface area contributed by atoms with Crippen molar-refractivity contribution in [2.45, 2.75) is 58.2 Å². The molecule has 0 aliphatic carbocycles. The molecule has 0 unspecified atom stereocenters. The lowest BCUT2D eigenvalue weighted by Crippen LogP contribution is -2.45. The van der Waals surface area contributed by atoms with Crippen LogP contribution in [0.1, 0.15) is 6.92 Å². The molecule has 0 aliphatic rings. The molecule has 0 bridgehead atoms. The minimum Gasteiger partial charge on any atom is -0.518 e. The second-order valence-electron chi connectivity index (χ2n) is 6.31. The molecule has 0 spiro atoms. The van der Waals surface area contributed by atoms with Crippen LogP contribution in [0.4, 0.5) is 0 Å². The van der Waals surface area contributed by atoms with Crippen LogP contribution in [0.2, 0.25) is 39.3 Å². The van der Waals surface area contributed by atoms with E-state index in [-0.39, 0.29) is 11.9 Å². The van der Waals surface area contributed by atoms with E-state index < -0.39 is 32.4 Å². The molecule has 1 atom stereocenters. The Morgan fingerprint density at radius 3 is 1.72 bits per heavy atom. The fraction of sp³-hybridized carbons (Fsp3) is 0.900. The highest BCUT2D eigenvalue weighted by molar-refractivity contribution is 6.71. The molecule has 0 rings (SSSR count). The Morgan fingerprint density at radius 1 is 1.06 bits per heavy atom. The van der Waals surface area contributed by atoms with E-state index in [4.69, 9.17) is 19.0 Å². The van der Waals surface area contributed by atoms with E-state index in [1.54, 1.807) is 6.92 Å². The maximum Gasteiger partial charge on any atom is 0.309 e. The summed E-state index contributed by atoms with van der Waals surface area (Å²) in [4.78, 5) is 11.4. The van der Waals surface area contributed by atoms with Gasteiger partial charge in [0.25, 0.3) is 9.76 Å². The van der Waals surface area contributed by atoms with E-state index in [1.165, 1.54) is 0 Å². The van der Waals surface area contributed by atoms with Gasteiger partial charge in [0.1, 0.15) is 0 Å². The summed E-state index contributed by atoms with van der Waals surface area (Å²) in [5.41, 5.74) is 5.46. The molecule has 0 radical (unpaired) electrons. The van der Waals surface area contributed by atoms with Gasteiger partial charge in [-0.1, -0.05) is 0 Å². The summed E-state index contributed by atoms with van der Waals surface area (Å²) in [6, 6.07) is -0.586. The van der Waals surface area contributed by atoms with Gasteiger partial charge in [-0.3, -0.25) is 4.79 Å². The lowest BCUT2D eigenvalue weighted by atomic mass is 10.4. The topological polar surface area (TPSA) is 70.8 Å². The van der Waals surface area contributed by atoms with Gasteiger partial charge in [-0.05, 0) is 46.2 Å². The SMILES string of the molecule is C[C@H](N)C(=O)O[SiH2]C(O[Si](C)(C)C)O[Si](C)(C)C. The number of nitrogens with two attached hydrogens (primary N) is 1. The van der Waals surface area contributed by atoms with Gasteiger partial charge in [0.05, 0.1) is 6.04 Å². The molecule has 0 saturated heterocycles. The summed E-state index contributed by atoms with van der Waals surface area (Å²) < 4.78 is 17.1. The van der Waals surface area contributed by atoms with E-state index in [0.29, 0.717) is 0 Å². The smallest absolute Gasteiger partial charge is 0.309 e. The number of carbonyl (C=O) groups is 1. The Kier molecular flexibility index (Phi) is 6.96. The van der Waals surface area contributed by atoms with Crippen molar-refractivity contribution in [3.8, 4) is 0 Å². The van der Waals surface area contributed by atoms with Crippen LogP contribution in [0.3, 0.4) is 0 Å². The predicted octanol–water partition coefficient (Wildman–Crippen LogP) is 0.947. The van der Waals surface area contributed by atoms with Crippen LogP contribution in [0.15, 0.2) is 0 Å². The molecule has 5 nitrogen and oxygen atoms in total. The molecule has 2 N–H and O–H groups in total. The Bertz CT molecular complexity index is 257. The average Bonchev–Trinajstić information content (AvgIpc) is 2.08. The fourth-order valence-electron chi connectivity index (χ4n) is 1.16. The highest BCUT2D eigenvalue weighted by atomic mass is 28.4. The molecule has 0 aromatic rings. The predicted molar refractivity (Wildman–Crippen MR) is 80.9 cm³/mol. The minimum atomic E-state index is -1.71. The van der Waals surface area contributed by atoms with Crippen LogP contribution >= 0.6 is 0 Å². The number of hydrogen-bond donors (Lipinski definition) is 1. The third-order valence-electron chi connectivity index (χ3n) is 1.70. The highest BCUT2D eigenvalue weighted by Gasteiger charge is 2.28. The van der Waals surface area contributed by atoms with E-state index >= 15 is 0 Å². The molecular weight excluding hydrogens is 282 g/mol. The quantitative estimate of drug-likeness (QED) is 0.560. The van der Waals surface area contributed by atoms with E-state index in [1.807, 2.05) is 0 Å². The van der Waals surface area contributed by atoms with E-state index in [2.05, 4.69) is 39.3 Å². The van der Waals surface area contributed by atoms with Gasteiger partial charge in [-0.25, -0.2) is 0 Å². The van der Waals surface area contributed by atoms with Crippen molar-refractivity contribution < 1.29 is 18.1 Å². The van der Waals surface area contributed by atoms with Crippen molar-refractivity contribution in [3.63, 3.8) is 0 Å². The zero-order valence-electron chi connectivity index (χ0n) is 12.6. The van der Waals surface area contributed by atoms with Crippen LogP contribution in [-0.4, -0.2) is 44.3 Å². The molecule has 0 aromatic carbocycles. The first-order valence-corrected chi connectivity index (χ1v) is 14.4. The van der Waals surface area contributed by atoms with Crippen molar-refractivity contribution >= 4 is 32.4 Å². The Balaban J connectivity index is 4.44. The van der Waals surface area contributed by atoms with Gasteiger partial charge in [0.15, 0.2) is 22.5 Å². The van der Waals surface area contributed by atoms with E-state index in [9.17, 15) is 4.79 Å². The van der Waals surface area contributed by atoms with Crippen molar-refractivity contribution in [2.24, 2.45) is 5.73 Å². The minimum absolute atomic E-state index is 0.342. The van der Waals surface area contributed by atoms with Crippen LogP contribution in [0.25, 0.3) is 0 Å². The molecule has 0 aromatic heterocycles. The second-order valence-corrected chi connectivity index (χ2v) is 16.5. The highest BCUT2D eigenvalue weighted by Crippen LogP contribution is 2.13. The Labute approximate surface area is 115 Å². The third-order valence-corrected chi connectivity index (χ3v) is 5.37. The van der Waals surface area contributed by atoms with Gasteiger partial charge in [-0.15, -0.1) is 0 Å². The normalized spacial score (nSPS) is 15.4. The van der Waals surface area contributed by atoms with Gasteiger partial charge >= 0.3 is 5.97 Å². The molecule has 0 fully saturated rings. The van der Waals surface area contributed by atoms with Crippen LogP contribution in [0, 0.1) is 0 Å². The van der Waals surface area contributed by atoms with Crippen molar-refractivity contribution in [1.82, 2.24) is 0 Å². The van der Waals surface area contributed by atoms with Gasteiger partial charge in [0, 0.05) is 0 Å². The number of hydrogen-bond acceptors (Lipinski definition) is 5. The molecule has 18 heavy (non-hydrogen) atoms. The van der Waals surface area contributed by atoms with Crippen molar-refractivity contribution in [1.29, 1.82) is 0 Å². The summed E-state index contributed by atoms with van der Waals surface area (Å²) >= 11 is 0. The lowest BCUT2D eigenvalue weighted by Gasteiger charge is -2.31. The van der Waals surface area contributed by atoms with Crippen molar-refractivity contribution in [2.75, 3.05) is 0 Å². The van der Waals surface area contributed by atoms with Crippen molar-refractivity contribution in [3.05, 3.63) is 0 Å². The zero-order chi connectivity index (χ0) is 14.6. The summed E-state index contributed by atoms with van der Waals surface area (Å²) in [6.07, 6.45) is 0. The Hall–Kier alpha value is 0.000649. The first-order valence-electron chi connectivity index (χ1n) is 6.18. The second kappa shape index (κ2) is 6.96. The summed E-state index contributed by atoms with van der Waals surface area (Å²) in [7, 11) is -4.65. The van der Waals surface area contributed by atoms with E-state index in [0.717, 1.165) is 0 Å². The standard InChI is InChI=1S/C10H27NO4Si3/c1-8(11)9(12)13-16-10(14-17(2,3)4)15-18(5,6)7/h8,10H,11,16H2,1-7H3/t8-/m0/s1. The van der Waals surface area contributed by atoms with Gasteiger partial charge < -0.3 is 19.0 Å². The molecule has 108 valence electrons. The number of carbonyl (C=O) groups excluding carboxylic acids is 1. The average molecular weight is 310 g/mol. The van der Waals surface area contributed by atoms with Gasteiger partial charge in [0.2, 0.25) is 0 Å². The van der Waals surface area contributed by atoms with Crippen LogP contribution in [-0.2, 0) is 18.1 Å². The maximum atomic E-state index is 11.4. The summed E-state index contributed by atoms with van der Waals surface area (Å²) in [5.74, 6) is -0.712. The molecule has 0 saturated carbocycles. The largest absolute Gasteiger partial charge is 0.518 e. The molecule has 8 heteroatoms. The number of rotatable bonds is 7. The zero-order valence-corrected chi connectivity index (χ0v) is 16.0. The van der Waals surface area contributed by atoms with Crippen LogP contribution in [0.5, 0.6) is 0 Å².